The molecular weight excluding hydrogens is 366 g/mol. The van der Waals surface area contributed by atoms with E-state index in [1.807, 2.05) is 60.7 Å². The van der Waals surface area contributed by atoms with Crippen LogP contribution in [0.25, 0.3) is 0 Å². The summed E-state index contributed by atoms with van der Waals surface area (Å²) in [7, 11) is 0. The zero-order valence-corrected chi connectivity index (χ0v) is 14.4. The molecule has 0 saturated heterocycles. The molecule has 0 amide bonds. The van der Waals surface area contributed by atoms with E-state index in [4.69, 9.17) is 9.47 Å². The van der Waals surface area contributed by atoms with Gasteiger partial charge < -0.3 is 9.47 Å². The van der Waals surface area contributed by atoms with Crippen LogP contribution in [0.3, 0.4) is 0 Å². The van der Waals surface area contributed by atoms with Gasteiger partial charge >= 0.3 is 0 Å². The molecule has 0 aliphatic carbocycles. The first-order valence-corrected chi connectivity index (χ1v) is 8.19. The van der Waals surface area contributed by atoms with Gasteiger partial charge in [0, 0.05) is 4.47 Å². The molecule has 0 aromatic heterocycles. The molecule has 3 aromatic carbocycles. The molecule has 0 unspecified atom stereocenters. The fraction of sp³-hybridized carbons (Fsp3) is 0.0500. The van der Waals surface area contributed by atoms with Gasteiger partial charge in [0.05, 0.1) is 5.56 Å². The van der Waals surface area contributed by atoms with Crippen molar-refractivity contribution in [1.29, 1.82) is 5.26 Å². The Morgan fingerprint density at radius 2 is 1.54 bits per heavy atom. The summed E-state index contributed by atoms with van der Waals surface area (Å²) in [5.41, 5.74) is 1.54. The van der Waals surface area contributed by atoms with Gasteiger partial charge in [-0.05, 0) is 35.9 Å². The summed E-state index contributed by atoms with van der Waals surface area (Å²) in [5, 5.41) is 9.26. The van der Waals surface area contributed by atoms with Crippen molar-refractivity contribution >= 4 is 15.9 Å². The summed E-state index contributed by atoms with van der Waals surface area (Å²) < 4.78 is 12.6. The summed E-state index contributed by atoms with van der Waals surface area (Å²) in [6, 6.07) is 24.8. The molecule has 24 heavy (non-hydrogen) atoms. The largest absolute Gasteiger partial charge is 0.485 e. The third-order valence-corrected chi connectivity index (χ3v) is 3.86. The highest BCUT2D eigenvalue weighted by Gasteiger charge is 2.10. The third kappa shape index (κ3) is 3.95. The SMILES string of the molecule is N#Cc1cc(Br)ccc1Oc1ccccc1OCc1ccccc1. The van der Waals surface area contributed by atoms with Gasteiger partial charge in [0.2, 0.25) is 0 Å². The maximum atomic E-state index is 9.26. The molecule has 0 atom stereocenters. The molecule has 0 bridgehead atoms. The lowest BCUT2D eigenvalue weighted by atomic mass is 10.2. The van der Waals surface area contributed by atoms with E-state index in [0.29, 0.717) is 29.4 Å². The molecule has 0 saturated carbocycles. The minimum Gasteiger partial charge on any atom is -0.485 e. The Balaban J connectivity index is 1.81. The Kier molecular flexibility index (Phi) is 5.15. The van der Waals surface area contributed by atoms with Crippen molar-refractivity contribution in [2.75, 3.05) is 0 Å². The summed E-state index contributed by atoms with van der Waals surface area (Å²) in [5.74, 6) is 1.71. The monoisotopic (exact) mass is 379 g/mol. The minimum absolute atomic E-state index is 0.451. The maximum Gasteiger partial charge on any atom is 0.169 e. The standard InChI is InChI=1S/C20H14BrNO2/c21-17-10-11-18(16(12-17)13-22)24-20-9-5-4-8-19(20)23-14-15-6-2-1-3-7-15/h1-12H,14H2. The van der Waals surface area contributed by atoms with Crippen LogP contribution >= 0.6 is 15.9 Å². The normalized spacial score (nSPS) is 10.0. The highest BCUT2D eigenvalue weighted by molar-refractivity contribution is 9.10. The van der Waals surface area contributed by atoms with Crippen molar-refractivity contribution in [2.45, 2.75) is 6.61 Å². The van der Waals surface area contributed by atoms with Crippen LogP contribution in [0.2, 0.25) is 0 Å². The second-order valence-corrected chi connectivity index (χ2v) is 5.99. The van der Waals surface area contributed by atoms with Gasteiger partial charge in [-0.3, -0.25) is 0 Å². The lowest BCUT2D eigenvalue weighted by molar-refractivity contribution is 0.291. The highest BCUT2D eigenvalue weighted by atomic mass is 79.9. The number of halogens is 1. The van der Waals surface area contributed by atoms with Crippen LogP contribution in [0.15, 0.2) is 77.3 Å². The number of para-hydroxylation sites is 2. The molecule has 0 fully saturated rings. The van der Waals surface area contributed by atoms with Crippen molar-refractivity contribution in [3.05, 3.63) is 88.4 Å². The van der Waals surface area contributed by atoms with Gasteiger partial charge in [0.1, 0.15) is 18.4 Å². The molecule has 0 N–H and O–H groups in total. The molecular formula is C20H14BrNO2. The molecule has 0 aliphatic rings. The number of nitriles is 1. The van der Waals surface area contributed by atoms with E-state index >= 15 is 0 Å². The first kappa shape index (κ1) is 16.1. The van der Waals surface area contributed by atoms with E-state index in [0.717, 1.165) is 10.0 Å². The average Bonchev–Trinajstić information content (AvgIpc) is 2.63. The van der Waals surface area contributed by atoms with Crippen molar-refractivity contribution < 1.29 is 9.47 Å². The second-order valence-electron chi connectivity index (χ2n) is 5.08. The Hall–Kier alpha value is -2.77. The number of ether oxygens (including phenoxy) is 2. The molecule has 118 valence electrons. The predicted molar refractivity (Wildman–Crippen MR) is 96.1 cm³/mol. The van der Waals surface area contributed by atoms with E-state index < -0.39 is 0 Å². The van der Waals surface area contributed by atoms with Crippen molar-refractivity contribution in [2.24, 2.45) is 0 Å². The zero-order valence-electron chi connectivity index (χ0n) is 12.8. The Labute approximate surface area is 149 Å². The third-order valence-electron chi connectivity index (χ3n) is 3.37. The van der Waals surface area contributed by atoms with Gasteiger partial charge in [0.15, 0.2) is 11.5 Å². The molecule has 0 aliphatic heterocycles. The fourth-order valence-electron chi connectivity index (χ4n) is 2.19. The molecule has 4 heteroatoms. The maximum absolute atomic E-state index is 9.26. The summed E-state index contributed by atoms with van der Waals surface area (Å²) in [6.07, 6.45) is 0. The summed E-state index contributed by atoms with van der Waals surface area (Å²) >= 11 is 3.36. The highest BCUT2D eigenvalue weighted by Crippen LogP contribution is 2.34. The fourth-order valence-corrected chi connectivity index (χ4v) is 2.55. The lowest BCUT2D eigenvalue weighted by Gasteiger charge is -2.13. The number of nitrogens with zero attached hydrogens (tertiary/aromatic N) is 1. The van der Waals surface area contributed by atoms with E-state index in [9.17, 15) is 5.26 Å². The Bertz CT molecular complexity index is 872. The Morgan fingerprint density at radius 1 is 0.833 bits per heavy atom. The first-order valence-electron chi connectivity index (χ1n) is 7.39. The zero-order chi connectivity index (χ0) is 16.8. The summed E-state index contributed by atoms with van der Waals surface area (Å²) in [6.45, 7) is 0.451. The smallest absolute Gasteiger partial charge is 0.169 e. The molecule has 3 rings (SSSR count). The molecule has 0 radical (unpaired) electrons. The van der Waals surface area contributed by atoms with Crippen LogP contribution in [0.4, 0.5) is 0 Å². The molecule has 3 aromatic rings. The van der Waals surface area contributed by atoms with E-state index in [2.05, 4.69) is 22.0 Å². The van der Waals surface area contributed by atoms with Crippen LogP contribution < -0.4 is 9.47 Å². The van der Waals surface area contributed by atoms with Crippen LogP contribution in [0.1, 0.15) is 11.1 Å². The first-order chi connectivity index (χ1) is 11.8. The van der Waals surface area contributed by atoms with Crippen LogP contribution in [-0.4, -0.2) is 0 Å². The van der Waals surface area contributed by atoms with Crippen molar-refractivity contribution in [3.63, 3.8) is 0 Å². The van der Waals surface area contributed by atoms with Gasteiger partial charge in [0.25, 0.3) is 0 Å². The van der Waals surface area contributed by atoms with Crippen LogP contribution in [-0.2, 0) is 6.61 Å². The van der Waals surface area contributed by atoms with Crippen molar-refractivity contribution in [3.8, 4) is 23.3 Å². The van der Waals surface area contributed by atoms with Gasteiger partial charge in [-0.15, -0.1) is 0 Å². The van der Waals surface area contributed by atoms with Gasteiger partial charge in [-0.2, -0.15) is 5.26 Å². The predicted octanol–water partition coefficient (Wildman–Crippen LogP) is 5.69. The van der Waals surface area contributed by atoms with E-state index in [-0.39, 0.29) is 0 Å². The topological polar surface area (TPSA) is 42.2 Å². The summed E-state index contributed by atoms with van der Waals surface area (Å²) in [4.78, 5) is 0. The Morgan fingerprint density at radius 3 is 2.29 bits per heavy atom. The number of benzene rings is 3. The van der Waals surface area contributed by atoms with Crippen LogP contribution in [0, 0.1) is 11.3 Å². The van der Waals surface area contributed by atoms with E-state index in [1.54, 1.807) is 12.1 Å². The van der Waals surface area contributed by atoms with Gasteiger partial charge in [-0.1, -0.05) is 58.4 Å². The average molecular weight is 380 g/mol. The lowest BCUT2D eigenvalue weighted by Crippen LogP contribution is -1.97. The van der Waals surface area contributed by atoms with Crippen LogP contribution in [0.5, 0.6) is 17.2 Å². The van der Waals surface area contributed by atoms with Gasteiger partial charge in [-0.25, -0.2) is 0 Å². The van der Waals surface area contributed by atoms with Crippen molar-refractivity contribution in [1.82, 2.24) is 0 Å². The number of rotatable bonds is 5. The number of hydrogen-bond acceptors (Lipinski definition) is 3. The number of hydrogen-bond donors (Lipinski definition) is 0. The minimum atomic E-state index is 0.451. The van der Waals surface area contributed by atoms with E-state index in [1.165, 1.54) is 0 Å². The molecule has 0 spiro atoms. The molecule has 3 nitrogen and oxygen atoms in total. The quantitative estimate of drug-likeness (QED) is 0.571. The second kappa shape index (κ2) is 7.67. The molecule has 0 heterocycles.